The average Bonchev–Trinajstić information content (AvgIpc) is 2.66. The SMILES string of the molecule is N#CC1(NCCO)CCN2CCCCC21. The van der Waals surface area contributed by atoms with E-state index in [4.69, 9.17) is 5.11 Å². The van der Waals surface area contributed by atoms with Crippen molar-refractivity contribution in [3.8, 4) is 6.07 Å². The molecule has 2 saturated heterocycles. The van der Waals surface area contributed by atoms with E-state index in [0.29, 0.717) is 12.6 Å². The van der Waals surface area contributed by atoms with E-state index in [-0.39, 0.29) is 6.61 Å². The molecule has 0 radical (unpaired) electrons. The molecule has 0 aromatic carbocycles. The molecule has 0 aromatic heterocycles. The Hall–Kier alpha value is -0.630. The van der Waals surface area contributed by atoms with E-state index >= 15 is 0 Å². The van der Waals surface area contributed by atoms with E-state index in [1.54, 1.807) is 0 Å². The first-order valence-electron chi connectivity index (χ1n) is 5.83. The molecular weight excluding hydrogens is 190 g/mol. The molecule has 2 atom stereocenters. The fourth-order valence-corrected chi connectivity index (χ4v) is 2.96. The number of nitrogens with one attached hydrogen (secondary N) is 1. The summed E-state index contributed by atoms with van der Waals surface area (Å²) in [7, 11) is 0. The predicted molar refractivity (Wildman–Crippen MR) is 57.3 cm³/mol. The van der Waals surface area contributed by atoms with Crippen LogP contribution in [0.3, 0.4) is 0 Å². The second-order valence-corrected chi connectivity index (χ2v) is 4.53. The molecule has 15 heavy (non-hydrogen) atoms. The zero-order valence-corrected chi connectivity index (χ0v) is 9.08. The van der Waals surface area contributed by atoms with E-state index in [2.05, 4.69) is 16.3 Å². The summed E-state index contributed by atoms with van der Waals surface area (Å²) < 4.78 is 0. The van der Waals surface area contributed by atoms with Crippen molar-refractivity contribution < 1.29 is 5.11 Å². The van der Waals surface area contributed by atoms with Crippen LogP contribution in [-0.4, -0.2) is 47.8 Å². The van der Waals surface area contributed by atoms with E-state index in [9.17, 15) is 5.26 Å². The van der Waals surface area contributed by atoms with Gasteiger partial charge in [-0.3, -0.25) is 10.2 Å². The van der Waals surface area contributed by atoms with Gasteiger partial charge in [0, 0.05) is 19.1 Å². The Labute approximate surface area is 90.9 Å². The van der Waals surface area contributed by atoms with Crippen LogP contribution in [-0.2, 0) is 0 Å². The lowest BCUT2D eigenvalue weighted by Crippen LogP contribution is -2.55. The zero-order chi connectivity index (χ0) is 10.7. The molecule has 0 spiro atoms. The maximum atomic E-state index is 9.36. The van der Waals surface area contributed by atoms with Gasteiger partial charge in [-0.15, -0.1) is 0 Å². The summed E-state index contributed by atoms with van der Waals surface area (Å²) in [5.74, 6) is 0. The van der Waals surface area contributed by atoms with Gasteiger partial charge in [-0.05, 0) is 25.8 Å². The van der Waals surface area contributed by atoms with Crippen LogP contribution in [0.4, 0.5) is 0 Å². The van der Waals surface area contributed by atoms with Gasteiger partial charge in [-0.2, -0.15) is 5.26 Å². The van der Waals surface area contributed by atoms with Crippen molar-refractivity contribution in [1.29, 1.82) is 5.26 Å². The highest BCUT2D eigenvalue weighted by Crippen LogP contribution is 2.34. The summed E-state index contributed by atoms with van der Waals surface area (Å²) in [6.07, 6.45) is 4.50. The van der Waals surface area contributed by atoms with Gasteiger partial charge in [-0.1, -0.05) is 6.42 Å². The molecule has 2 rings (SSSR count). The van der Waals surface area contributed by atoms with Crippen molar-refractivity contribution in [2.75, 3.05) is 26.2 Å². The summed E-state index contributed by atoms with van der Waals surface area (Å²) >= 11 is 0. The Balaban J connectivity index is 2.08. The molecular formula is C11H19N3O. The Morgan fingerprint density at radius 1 is 1.47 bits per heavy atom. The fraction of sp³-hybridized carbons (Fsp3) is 0.909. The molecule has 2 fully saturated rings. The van der Waals surface area contributed by atoms with Gasteiger partial charge in [0.15, 0.2) is 0 Å². The molecule has 2 unspecified atom stereocenters. The van der Waals surface area contributed by atoms with Gasteiger partial charge in [-0.25, -0.2) is 0 Å². The van der Waals surface area contributed by atoms with Crippen LogP contribution >= 0.6 is 0 Å². The molecule has 4 heteroatoms. The third-order valence-corrected chi connectivity index (χ3v) is 3.73. The van der Waals surface area contributed by atoms with Gasteiger partial charge in [0.2, 0.25) is 0 Å². The summed E-state index contributed by atoms with van der Waals surface area (Å²) in [6.45, 7) is 2.79. The molecule has 0 aliphatic carbocycles. The second kappa shape index (κ2) is 4.48. The minimum Gasteiger partial charge on any atom is -0.395 e. The monoisotopic (exact) mass is 209 g/mol. The fourth-order valence-electron chi connectivity index (χ4n) is 2.96. The number of β-amino-alcohol motifs (C(OH)–C–C–N with tert-alkyl or cyclic N) is 1. The topological polar surface area (TPSA) is 59.3 Å². The number of aliphatic hydroxyl groups is 1. The Kier molecular flexibility index (Phi) is 3.25. The summed E-state index contributed by atoms with van der Waals surface area (Å²) in [5, 5.41) is 21.4. The van der Waals surface area contributed by atoms with E-state index in [1.807, 2.05) is 0 Å². The van der Waals surface area contributed by atoms with E-state index in [1.165, 1.54) is 12.8 Å². The third-order valence-electron chi connectivity index (χ3n) is 3.73. The zero-order valence-electron chi connectivity index (χ0n) is 9.08. The lowest BCUT2D eigenvalue weighted by Gasteiger charge is -2.37. The van der Waals surface area contributed by atoms with Crippen LogP contribution in [0.15, 0.2) is 0 Å². The summed E-state index contributed by atoms with van der Waals surface area (Å²) in [5.41, 5.74) is -0.400. The standard InChI is InChI=1S/C11H19N3O/c12-9-11(13-5-8-15)4-7-14-6-2-1-3-10(11)14/h10,13,15H,1-8H2. The number of hydrogen-bond acceptors (Lipinski definition) is 4. The maximum Gasteiger partial charge on any atom is 0.123 e. The number of nitrogens with zero attached hydrogens (tertiary/aromatic N) is 2. The molecule has 4 nitrogen and oxygen atoms in total. The minimum atomic E-state index is -0.400. The van der Waals surface area contributed by atoms with Gasteiger partial charge in [0.25, 0.3) is 0 Å². The first-order valence-corrected chi connectivity index (χ1v) is 5.83. The van der Waals surface area contributed by atoms with Crippen molar-refractivity contribution in [3.05, 3.63) is 0 Å². The van der Waals surface area contributed by atoms with Crippen LogP contribution in [0.1, 0.15) is 25.7 Å². The number of fused-ring (bicyclic) bond motifs is 1. The molecule has 2 aliphatic rings. The Morgan fingerprint density at radius 3 is 3.07 bits per heavy atom. The Morgan fingerprint density at radius 2 is 2.33 bits per heavy atom. The quantitative estimate of drug-likeness (QED) is 0.691. The molecule has 0 amide bonds. The van der Waals surface area contributed by atoms with Crippen LogP contribution in [0.25, 0.3) is 0 Å². The summed E-state index contributed by atoms with van der Waals surface area (Å²) in [4.78, 5) is 2.43. The normalized spacial score (nSPS) is 36.1. The highest BCUT2D eigenvalue weighted by molar-refractivity contribution is 5.19. The summed E-state index contributed by atoms with van der Waals surface area (Å²) in [6, 6.07) is 2.81. The number of nitriles is 1. The van der Waals surface area contributed by atoms with Gasteiger partial charge in [0.1, 0.15) is 5.54 Å². The van der Waals surface area contributed by atoms with Crippen molar-refractivity contribution in [3.63, 3.8) is 0 Å². The predicted octanol–water partition coefficient (Wildman–Crippen LogP) is 0.0889. The first kappa shape index (κ1) is 10.9. The van der Waals surface area contributed by atoms with Crippen molar-refractivity contribution in [2.24, 2.45) is 0 Å². The van der Waals surface area contributed by atoms with Gasteiger partial charge < -0.3 is 5.11 Å². The number of piperidine rings is 1. The van der Waals surface area contributed by atoms with Crippen molar-refractivity contribution in [2.45, 2.75) is 37.3 Å². The molecule has 0 aromatic rings. The molecule has 0 bridgehead atoms. The third kappa shape index (κ3) is 1.87. The Bertz CT molecular complexity index is 263. The van der Waals surface area contributed by atoms with Crippen molar-refractivity contribution >= 4 is 0 Å². The first-order chi connectivity index (χ1) is 7.32. The van der Waals surface area contributed by atoms with E-state index < -0.39 is 5.54 Å². The molecule has 2 aliphatic heterocycles. The minimum absolute atomic E-state index is 0.107. The average molecular weight is 209 g/mol. The van der Waals surface area contributed by atoms with Crippen LogP contribution in [0.5, 0.6) is 0 Å². The molecule has 2 heterocycles. The van der Waals surface area contributed by atoms with Crippen LogP contribution in [0, 0.1) is 11.3 Å². The highest BCUT2D eigenvalue weighted by Gasteiger charge is 2.47. The number of aliphatic hydroxyl groups excluding tert-OH is 1. The largest absolute Gasteiger partial charge is 0.395 e. The lowest BCUT2D eigenvalue weighted by molar-refractivity contribution is 0.156. The maximum absolute atomic E-state index is 9.36. The van der Waals surface area contributed by atoms with Gasteiger partial charge >= 0.3 is 0 Å². The molecule has 0 saturated carbocycles. The van der Waals surface area contributed by atoms with Crippen molar-refractivity contribution in [1.82, 2.24) is 10.2 Å². The smallest absolute Gasteiger partial charge is 0.123 e. The highest BCUT2D eigenvalue weighted by atomic mass is 16.3. The number of hydrogen-bond donors (Lipinski definition) is 2. The van der Waals surface area contributed by atoms with E-state index in [0.717, 1.165) is 25.9 Å². The van der Waals surface area contributed by atoms with Gasteiger partial charge in [0.05, 0.1) is 12.7 Å². The van der Waals surface area contributed by atoms with Crippen LogP contribution < -0.4 is 5.32 Å². The molecule has 2 N–H and O–H groups in total. The van der Waals surface area contributed by atoms with Crippen LogP contribution in [0.2, 0.25) is 0 Å². The second-order valence-electron chi connectivity index (χ2n) is 4.53. The lowest BCUT2D eigenvalue weighted by atomic mass is 9.86. The molecule has 84 valence electrons. The number of rotatable bonds is 3.